The number of rotatable bonds is 5. The fourth-order valence-electron chi connectivity index (χ4n) is 3.70. The number of para-hydroxylation sites is 1. The van der Waals surface area contributed by atoms with Crippen molar-refractivity contribution in [3.8, 4) is 5.75 Å². The lowest BCUT2D eigenvalue weighted by atomic mass is 9.97. The topological polar surface area (TPSA) is 15.7 Å². The highest BCUT2D eigenvalue weighted by Gasteiger charge is 2.34. The second kappa shape index (κ2) is 7.30. The zero-order valence-corrected chi connectivity index (χ0v) is 13.9. The Balaban J connectivity index is 1.45. The van der Waals surface area contributed by atoms with Gasteiger partial charge in [-0.1, -0.05) is 36.8 Å². The summed E-state index contributed by atoms with van der Waals surface area (Å²) in [5, 5.41) is 0. The number of hydrogen-bond donors (Lipinski definition) is 0. The Morgan fingerprint density at radius 2 is 2.05 bits per heavy atom. The van der Waals surface area contributed by atoms with Crippen molar-refractivity contribution < 1.29 is 4.74 Å². The minimum Gasteiger partial charge on any atom is -0.496 e. The van der Waals surface area contributed by atoms with Crippen LogP contribution in [0.5, 0.6) is 5.75 Å². The molecule has 3 rings (SSSR count). The standard InChI is InChI=1S/C19H28N2O/c1-16-8-5-6-13-21(16)18-14-20(15-18)12-7-10-17-9-3-4-11-19(17)22-2/h3-4,7,9-11,16,18H,5-6,8,12-15H2,1-2H3. The second-order valence-electron chi connectivity index (χ2n) is 6.60. The Bertz CT molecular complexity index is 508. The number of nitrogens with zero attached hydrogens (tertiary/aromatic N) is 2. The normalized spacial score (nSPS) is 24.5. The van der Waals surface area contributed by atoms with Crippen molar-refractivity contribution in [1.29, 1.82) is 0 Å². The van der Waals surface area contributed by atoms with Gasteiger partial charge in [0, 0.05) is 37.3 Å². The van der Waals surface area contributed by atoms with Gasteiger partial charge in [0.1, 0.15) is 5.75 Å². The van der Waals surface area contributed by atoms with Crippen molar-refractivity contribution in [3.05, 3.63) is 35.9 Å². The fourth-order valence-corrected chi connectivity index (χ4v) is 3.70. The van der Waals surface area contributed by atoms with Crippen molar-refractivity contribution in [1.82, 2.24) is 9.80 Å². The first kappa shape index (κ1) is 15.6. The lowest BCUT2D eigenvalue weighted by Gasteiger charge is -2.49. The maximum absolute atomic E-state index is 5.38. The summed E-state index contributed by atoms with van der Waals surface area (Å²) in [6, 6.07) is 9.75. The van der Waals surface area contributed by atoms with Gasteiger partial charge in [0.2, 0.25) is 0 Å². The van der Waals surface area contributed by atoms with Crippen molar-refractivity contribution in [2.75, 3.05) is 33.3 Å². The van der Waals surface area contributed by atoms with Gasteiger partial charge in [0.15, 0.2) is 0 Å². The summed E-state index contributed by atoms with van der Waals surface area (Å²) in [5.41, 5.74) is 1.16. The van der Waals surface area contributed by atoms with Crippen LogP contribution in [0.25, 0.3) is 6.08 Å². The molecule has 0 saturated carbocycles. The van der Waals surface area contributed by atoms with Gasteiger partial charge in [-0.15, -0.1) is 0 Å². The molecule has 0 N–H and O–H groups in total. The lowest BCUT2D eigenvalue weighted by Crippen LogP contribution is -2.62. The third kappa shape index (κ3) is 3.53. The Morgan fingerprint density at radius 3 is 2.82 bits per heavy atom. The molecular formula is C19H28N2O. The van der Waals surface area contributed by atoms with E-state index in [2.05, 4.69) is 41.0 Å². The van der Waals surface area contributed by atoms with Gasteiger partial charge in [-0.3, -0.25) is 9.80 Å². The summed E-state index contributed by atoms with van der Waals surface area (Å²) in [5.74, 6) is 0.947. The first-order valence-electron chi connectivity index (χ1n) is 8.55. The number of benzene rings is 1. The molecule has 22 heavy (non-hydrogen) atoms. The summed E-state index contributed by atoms with van der Waals surface area (Å²) in [6.45, 7) is 7.18. The molecule has 3 nitrogen and oxygen atoms in total. The quantitative estimate of drug-likeness (QED) is 0.830. The molecule has 0 aromatic heterocycles. The van der Waals surface area contributed by atoms with Crippen molar-refractivity contribution >= 4 is 6.08 Å². The zero-order chi connectivity index (χ0) is 15.4. The molecule has 120 valence electrons. The van der Waals surface area contributed by atoms with Gasteiger partial charge in [-0.2, -0.15) is 0 Å². The van der Waals surface area contributed by atoms with Crippen LogP contribution < -0.4 is 4.74 Å². The molecule has 0 radical (unpaired) electrons. The number of ether oxygens (including phenoxy) is 1. The van der Waals surface area contributed by atoms with E-state index in [0.29, 0.717) is 0 Å². The van der Waals surface area contributed by atoms with Crippen LogP contribution in [0, 0.1) is 0 Å². The number of piperidine rings is 1. The van der Waals surface area contributed by atoms with E-state index in [1.54, 1.807) is 7.11 Å². The van der Waals surface area contributed by atoms with E-state index in [-0.39, 0.29) is 0 Å². The first-order chi connectivity index (χ1) is 10.8. The molecule has 0 spiro atoms. The highest BCUT2D eigenvalue weighted by molar-refractivity contribution is 5.57. The Labute approximate surface area is 134 Å². The van der Waals surface area contributed by atoms with E-state index in [1.807, 2.05) is 12.1 Å². The van der Waals surface area contributed by atoms with Gasteiger partial charge in [0.25, 0.3) is 0 Å². The highest BCUT2D eigenvalue weighted by atomic mass is 16.5. The van der Waals surface area contributed by atoms with Crippen LogP contribution in [0.4, 0.5) is 0 Å². The van der Waals surface area contributed by atoms with E-state index in [0.717, 1.165) is 29.9 Å². The summed E-state index contributed by atoms with van der Waals surface area (Å²) in [4.78, 5) is 5.25. The molecule has 2 fully saturated rings. The minimum absolute atomic E-state index is 0.782. The predicted molar refractivity (Wildman–Crippen MR) is 92.3 cm³/mol. The van der Waals surface area contributed by atoms with Crippen LogP contribution in [-0.4, -0.2) is 55.2 Å². The third-order valence-electron chi connectivity index (χ3n) is 5.06. The van der Waals surface area contributed by atoms with E-state index in [4.69, 9.17) is 4.74 Å². The molecule has 1 aromatic carbocycles. The number of hydrogen-bond acceptors (Lipinski definition) is 3. The highest BCUT2D eigenvalue weighted by Crippen LogP contribution is 2.24. The summed E-state index contributed by atoms with van der Waals surface area (Å²) in [6.07, 6.45) is 8.61. The maximum atomic E-state index is 5.38. The van der Waals surface area contributed by atoms with Crippen LogP contribution in [0.2, 0.25) is 0 Å². The zero-order valence-electron chi connectivity index (χ0n) is 13.9. The molecule has 0 amide bonds. The van der Waals surface area contributed by atoms with Gasteiger partial charge in [-0.25, -0.2) is 0 Å². The van der Waals surface area contributed by atoms with Crippen LogP contribution in [0.15, 0.2) is 30.3 Å². The maximum Gasteiger partial charge on any atom is 0.126 e. The minimum atomic E-state index is 0.782. The van der Waals surface area contributed by atoms with Gasteiger partial charge >= 0.3 is 0 Å². The van der Waals surface area contributed by atoms with Crippen LogP contribution >= 0.6 is 0 Å². The van der Waals surface area contributed by atoms with Crippen molar-refractivity contribution in [2.45, 2.75) is 38.3 Å². The Kier molecular flexibility index (Phi) is 5.16. The molecule has 2 saturated heterocycles. The molecule has 2 aliphatic rings. The molecule has 2 aliphatic heterocycles. The average Bonchev–Trinajstić information content (AvgIpc) is 2.51. The Hall–Kier alpha value is -1.32. The molecule has 1 aromatic rings. The van der Waals surface area contributed by atoms with Gasteiger partial charge in [-0.05, 0) is 32.4 Å². The molecule has 0 aliphatic carbocycles. The largest absolute Gasteiger partial charge is 0.496 e. The third-order valence-corrected chi connectivity index (χ3v) is 5.06. The number of likely N-dealkylation sites (tertiary alicyclic amines) is 2. The number of methoxy groups -OCH3 is 1. The van der Waals surface area contributed by atoms with Crippen molar-refractivity contribution in [3.63, 3.8) is 0 Å². The smallest absolute Gasteiger partial charge is 0.126 e. The lowest BCUT2D eigenvalue weighted by molar-refractivity contribution is 0.00375. The summed E-state index contributed by atoms with van der Waals surface area (Å²) >= 11 is 0. The average molecular weight is 300 g/mol. The van der Waals surface area contributed by atoms with Crippen LogP contribution in [-0.2, 0) is 0 Å². The second-order valence-corrected chi connectivity index (χ2v) is 6.60. The SMILES string of the molecule is COc1ccccc1C=CCN1CC(N2CCCCC2C)C1. The predicted octanol–water partition coefficient (Wildman–Crippen LogP) is 3.27. The summed E-state index contributed by atoms with van der Waals surface area (Å²) < 4.78 is 5.38. The summed E-state index contributed by atoms with van der Waals surface area (Å²) in [7, 11) is 1.73. The Morgan fingerprint density at radius 1 is 1.23 bits per heavy atom. The molecule has 1 unspecified atom stereocenters. The van der Waals surface area contributed by atoms with E-state index >= 15 is 0 Å². The molecule has 2 heterocycles. The fraction of sp³-hybridized carbons (Fsp3) is 0.579. The van der Waals surface area contributed by atoms with Gasteiger partial charge < -0.3 is 4.74 Å². The van der Waals surface area contributed by atoms with E-state index < -0.39 is 0 Å². The van der Waals surface area contributed by atoms with E-state index in [1.165, 1.54) is 38.9 Å². The van der Waals surface area contributed by atoms with E-state index in [9.17, 15) is 0 Å². The van der Waals surface area contributed by atoms with Gasteiger partial charge in [0.05, 0.1) is 7.11 Å². The van der Waals surface area contributed by atoms with Crippen LogP contribution in [0.1, 0.15) is 31.7 Å². The molecule has 1 atom stereocenters. The van der Waals surface area contributed by atoms with Crippen molar-refractivity contribution in [2.24, 2.45) is 0 Å². The molecular weight excluding hydrogens is 272 g/mol. The monoisotopic (exact) mass is 300 g/mol. The first-order valence-corrected chi connectivity index (χ1v) is 8.55. The van der Waals surface area contributed by atoms with Crippen LogP contribution in [0.3, 0.4) is 0 Å². The molecule has 0 bridgehead atoms. The molecule has 3 heteroatoms.